The third-order valence-electron chi connectivity index (χ3n) is 2.73. The normalized spacial score (nSPS) is 10.2. The number of nitrogens with zero attached hydrogens (tertiary/aromatic N) is 1. The highest BCUT2D eigenvalue weighted by molar-refractivity contribution is 6.36. The van der Waals surface area contributed by atoms with Crippen LogP contribution in [0.1, 0.15) is 26.4 Å². The molecule has 0 saturated heterocycles. The van der Waals surface area contributed by atoms with Crippen molar-refractivity contribution in [3.05, 3.63) is 57.3 Å². The number of hydrogen-bond acceptors (Lipinski definition) is 3. The average Bonchev–Trinajstić information content (AvgIpc) is 2.40. The standard InChI is InChI=1S/C14H11Cl2N3O2/c1-7-4-11(16)9(6-18-7)14(21)19-12-5-8(13(17)20)2-3-10(12)15/h2-6H,1H3,(H2,17,20)(H,19,21). The average molecular weight is 324 g/mol. The zero-order chi connectivity index (χ0) is 15.6. The maximum absolute atomic E-state index is 12.2. The lowest BCUT2D eigenvalue weighted by atomic mass is 10.1. The van der Waals surface area contributed by atoms with E-state index in [4.69, 9.17) is 28.9 Å². The highest BCUT2D eigenvalue weighted by Gasteiger charge is 2.14. The van der Waals surface area contributed by atoms with Gasteiger partial charge in [0.05, 0.1) is 21.3 Å². The lowest BCUT2D eigenvalue weighted by molar-refractivity contribution is 0.0996. The number of nitrogens with one attached hydrogen (secondary N) is 1. The quantitative estimate of drug-likeness (QED) is 0.910. The third-order valence-corrected chi connectivity index (χ3v) is 3.38. The van der Waals surface area contributed by atoms with Crippen LogP contribution >= 0.6 is 23.2 Å². The lowest BCUT2D eigenvalue weighted by Gasteiger charge is -2.09. The minimum absolute atomic E-state index is 0.211. The van der Waals surface area contributed by atoms with Crippen LogP contribution in [0.15, 0.2) is 30.5 Å². The molecular formula is C14H11Cl2N3O2. The molecule has 1 aromatic carbocycles. The molecule has 3 N–H and O–H groups in total. The number of anilines is 1. The first-order chi connectivity index (χ1) is 9.88. The number of rotatable bonds is 3. The number of amides is 2. The maximum atomic E-state index is 12.2. The van der Waals surface area contributed by atoms with Gasteiger partial charge in [0.25, 0.3) is 5.91 Å². The van der Waals surface area contributed by atoms with E-state index >= 15 is 0 Å². The number of primary amides is 1. The molecule has 0 atom stereocenters. The van der Waals surface area contributed by atoms with Gasteiger partial charge < -0.3 is 11.1 Å². The first kappa shape index (κ1) is 15.3. The van der Waals surface area contributed by atoms with E-state index in [1.165, 1.54) is 24.4 Å². The van der Waals surface area contributed by atoms with Crippen molar-refractivity contribution < 1.29 is 9.59 Å². The first-order valence-corrected chi connectivity index (χ1v) is 6.67. The van der Waals surface area contributed by atoms with Gasteiger partial charge in [-0.3, -0.25) is 14.6 Å². The Balaban J connectivity index is 2.31. The molecule has 7 heteroatoms. The molecule has 108 valence electrons. The predicted molar refractivity (Wildman–Crippen MR) is 81.9 cm³/mol. The number of aryl methyl sites for hydroxylation is 1. The second-order valence-electron chi connectivity index (χ2n) is 4.32. The van der Waals surface area contributed by atoms with E-state index in [-0.39, 0.29) is 26.9 Å². The number of benzene rings is 1. The van der Waals surface area contributed by atoms with Gasteiger partial charge in [-0.05, 0) is 31.2 Å². The molecule has 2 rings (SSSR count). The Morgan fingerprint density at radius 3 is 2.52 bits per heavy atom. The van der Waals surface area contributed by atoms with Gasteiger partial charge in [-0.15, -0.1) is 0 Å². The zero-order valence-electron chi connectivity index (χ0n) is 11.0. The summed E-state index contributed by atoms with van der Waals surface area (Å²) in [5, 5.41) is 3.14. The number of pyridine rings is 1. The van der Waals surface area contributed by atoms with E-state index in [1.807, 2.05) is 0 Å². The molecule has 0 aliphatic heterocycles. The molecule has 0 spiro atoms. The van der Waals surface area contributed by atoms with Gasteiger partial charge in [0.1, 0.15) is 0 Å². The molecule has 0 unspecified atom stereocenters. The molecule has 0 fully saturated rings. The maximum Gasteiger partial charge on any atom is 0.258 e. The van der Waals surface area contributed by atoms with Gasteiger partial charge in [-0.2, -0.15) is 0 Å². The van der Waals surface area contributed by atoms with Crippen molar-refractivity contribution in [3.8, 4) is 0 Å². The summed E-state index contributed by atoms with van der Waals surface area (Å²) in [6.45, 7) is 1.76. The number of carbonyl (C=O) groups excluding carboxylic acids is 2. The Bertz CT molecular complexity index is 732. The summed E-state index contributed by atoms with van der Waals surface area (Å²) in [4.78, 5) is 27.3. The Morgan fingerprint density at radius 2 is 1.90 bits per heavy atom. The number of nitrogens with two attached hydrogens (primary N) is 1. The summed E-state index contributed by atoms with van der Waals surface area (Å²) in [7, 11) is 0. The van der Waals surface area contributed by atoms with Gasteiger partial charge >= 0.3 is 0 Å². The molecule has 2 aromatic rings. The van der Waals surface area contributed by atoms with Gasteiger partial charge in [-0.1, -0.05) is 23.2 Å². The summed E-state index contributed by atoms with van der Waals surface area (Å²) >= 11 is 12.0. The summed E-state index contributed by atoms with van der Waals surface area (Å²) in [6, 6.07) is 5.93. The number of halogens is 2. The smallest absolute Gasteiger partial charge is 0.258 e. The number of hydrogen-bond donors (Lipinski definition) is 2. The van der Waals surface area contributed by atoms with Crippen LogP contribution in [0.5, 0.6) is 0 Å². The van der Waals surface area contributed by atoms with Crippen molar-refractivity contribution in [3.63, 3.8) is 0 Å². The topological polar surface area (TPSA) is 85.1 Å². The fraction of sp³-hybridized carbons (Fsp3) is 0.0714. The van der Waals surface area contributed by atoms with Crippen LogP contribution in [0.25, 0.3) is 0 Å². The molecule has 21 heavy (non-hydrogen) atoms. The second-order valence-corrected chi connectivity index (χ2v) is 5.13. The fourth-order valence-corrected chi connectivity index (χ4v) is 2.11. The van der Waals surface area contributed by atoms with E-state index in [9.17, 15) is 9.59 Å². The van der Waals surface area contributed by atoms with Crippen molar-refractivity contribution in [2.45, 2.75) is 6.92 Å². The van der Waals surface area contributed by atoms with Crippen LogP contribution in [-0.2, 0) is 0 Å². The van der Waals surface area contributed by atoms with Gasteiger partial charge in [0, 0.05) is 17.5 Å². The van der Waals surface area contributed by atoms with Crippen LogP contribution in [-0.4, -0.2) is 16.8 Å². The molecule has 0 bridgehead atoms. The first-order valence-electron chi connectivity index (χ1n) is 5.91. The molecule has 0 saturated carbocycles. The van der Waals surface area contributed by atoms with Crippen molar-refractivity contribution in [1.29, 1.82) is 0 Å². The van der Waals surface area contributed by atoms with E-state index < -0.39 is 11.8 Å². The Kier molecular flexibility index (Phi) is 4.45. The highest BCUT2D eigenvalue weighted by Crippen LogP contribution is 2.25. The van der Waals surface area contributed by atoms with Gasteiger partial charge in [-0.25, -0.2) is 0 Å². The fourth-order valence-electron chi connectivity index (χ4n) is 1.66. The van der Waals surface area contributed by atoms with Crippen LogP contribution in [0.3, 0.4) is 0 Å². The number of aromatic nitrogens is 1. The van der Waals surface area contributed by atoms with Gasteiger partial charge in [0.15, 0.2) is 0 Å². The van der Waals surface area contributed by atoms with E-state index in [2.05, 4.69) is 10.3 Å². The molecular weight excluding hydrogens is 313 g/mol. The van der Waals surface area contributed by atoms with E-state index in [1.54, 1.807) is 13.0 Å². The molecule has 0 radical (unpaired) electrons. The molecule has 5 nitrogen and oxygen atoms in total. The minimum atomic E-state index is -0.614. The SMILES string of the molecule is Cc1cc(Cl)c(C(=O)Nc2cc(C(N)=O)ccc2Cl)cn1. The van der Waals surface area contributed by atoms with Crippen LogP contribution in [0.4, 0.5) is 5.69 Å². The lowest BCUT2D eigenvalue weighted by Crippen LogP contribution is -2.15. The zero-order valence-corrected chi connectivity index (χ0v) is 12.5. The summed E-state index contributed by atoms with van der Waals surface area (Å²) in [6.07, 6.45) is 1.37. The largest absolute Gasteiger partial charge is 0.366 e. The van der Waals surface area contributed by atoms with E-state index in [0.29, 0.717) is 5.69 Å². The predicted octanol–water partition coefficient (Wildman–Crippen LogP) is 3.05. The van der Waals surface area contributed by atoms with Crippen molar-refractivity contribution in [2.75, 3.05) is 5.32 Å². The van der Waals surface area contributed by atoms with Crippen LogP contribution in [0, 0.1) is 6.92 Å². The molecule has 0 aliphatic rings. The molecule has 1 aromatic heterocycles. The Labute approximate surface area is 131 Å². The van der Waals surface area contributed by atoms with E-state index in [0.717, 1.165) is 0 Å². The van der Waals surface area contributed by atoms with Crippen molar-refractivity contribution in [1.82, 2.24) is 4.98 Å². The van der Waals surface area contributed by atoms with Crippen LogP contribution in [0.2, 0.25) is 10.0 Å². The third kappa shape index (κ3) is 3.51. The Hall–Kier alpha value is -2.11. The van der Waals surface area contributed by atoms with Gasteiger partial charge in [0.2, 0.25) is 5.91 Å². The summed E-state index contributed by atoms with van der Waals surface area (Å²) < 4.78 is 0. The highest BCUT2D eigenvalue weighted by atomic mass is 35.5. The monoisotopic (exact) mass is 323 g/mol. The molecule has 2 amide bonds. The van der Waals surface area contributed by atoms with Crippen LogP contribution < -0.4 is 11.1 Å². The molecule has 1 heterocycles. The van der Waals surface area contributed by atoms with Crippen molar-refractivity contribution >= 4 is 40.7 Å². The Morgan fingerprint density at radius 1 is 1.19 bits per heavy atom. The summed E-state index contributed by atoms with van der Waals surface area (Å²) in [5.74, 6) is -1.09. The molecule has 0 aliphatic carbocycles. The number of carbonyl (C=O) groups is 2. The summed E-state index contributed by atoms with van der Waals surface area (Å²) in [5.41, 5.74) is 6.61. The minimum Gasteiger partial charge on any atom is -0.366 e. The van der Waals surface area contributed by atoms with Crippen molar-refractivity contribution in [2.24, 2.45) is 5.73 Å². The second kappa shape index (κ2) is 6.11.